The Kier molecular flexibility index (Phi) is 7.02. The molecule has 0 aliphatic carbocycles. The number of para-hydroxylation sites is 1. The van der Waals surface area contributed by atoms with Crippen LogP contribution in [0.5, 0.6) is 0 Å². The van der Waals surface area contributed by atoms with Crippen LogP contribution in [0.4, 0.5) is 23.2 Å². The summed E-state index contributed by atoms with van der Waals surface area (Å²) in [6.45, 7) is -0.106. The van der Waals surface area contributed by atoms with Crippen molar-refractivity contribution in [1.82, 2.24) is 5.32 Å². The molecule has 9 heteroatoms. The summed E-state index contributed by atoms with van der Waals surface area (Å²) in [6.07, 6.45) is -0.151. The zero-order chi connectivity index (χ0) is 19.1. The highest BCUT2D eigenvalue weighted by Gasteiger charge is 2.14. The molecule has 0 fully saturated rings. The maximum absolute atomic E-state index is 13.5. The summed E-state index contributed by atoms with van der Waals surface area (Å²) in [5, 5.41) is 4.82. The first-order chi connectivity index (χ1) is 12.4. The number of hydrogen-bond donors (Lipinski definition) is 2. The Morgan fingerprint density at radius 3 is 2.50 bits per heavy atom. The van der Waals surface area contributed by atoms with Crippen molar-refractivity contribution in [1.29, 1.82) is 0 Å². The van der Waals surface area contributed by atoms with Gasteiger partial charge in [0, 0.05) is 23.9 Å². The molecule has 0 heterocycles. The van der Waals surface area contributed by atoms with E-state index in [-0.39, 0.29) is 29.1 Å². The minimum absolute atomic E-state index is 0.106. The number of amides is 2. The molecule has 2 aromatic rings. The number of carbonyl (C=O) groups is 2. The van der Waals surface area contributed by atoms with E-state index in [4.69, 9.17) is 0 Å². The second-order valence-corrected chi connectivity index (χ2v) is 6.08. The Morgan fingerprint density at radius 2 is 1.81 bits per heavy atom. The summed E-state index contributed by atoms with van der Waals surface area (Å²) in [4.78, 5) is 23.9. The zero-order valence-electron chi connectivity index (χ0n) is 13.3. The highest BCUT2D eigenvalue weighted by Crippen LogP contribution is 2.31. The molecule has 0 saturated carbocycles. The van der Waals surface area contributed by atoms with Crippen LogP contribution in [0.15, 0.2) is 47.4 Å². The smallest absolute Gasteiger partial charge is 0.288 e. The Labute approximate surface area is 151 Å². The van der Waals surface area contributed by atoms with Gasteiger partial charge in [-0.05, 0) is 24.3 Å². The molecule has 138 valence electrons. The minimum atomic E-state index is -2.63. The number of benzene rings is 2. The van der Waals surface area contributed by atoms with E-state index in [9.17, 15) is 27.2 Å². The molecule has 0 aliphatic heterocycles. The van der Waals surface area contributed by atoms with Crippen molar-refractivity contribution in [2.75, 3.05) is 11.9 Å². The summed E-state index contributed by atoms with van der Waals surface area (Å²) < 4.78 is 51.3. The van der Waals surface area contributed by atoms with E-state index in [1.165, 1.54) is 12.1 Å². The van der Waals surface area contributed by atoms with Crippen LogP contribution >= 0.6 is 11.8 Å². The van der Waals surface area contributed by atoms with Crippen LogP contribution in [0.3, 0.4) is 0 Å². The average molecular weight is 386 g/mol. The van der Waals surface area contributed by atoms with Crippen molar-refractivity contribution in [2.45, 2.75) is 17.1 Å². The third kappa shape index (κ3) is 5.76. The first kappa shape index (κ1) is 19.8. The van der Waals surface area contributed by atoms with Gasteiger partial charge in [0.2, 0.25) is 5.91 Å². The predicted octanol–water partition coefficient (Wildman–Crippen LogP) is 4.04. The maximum Gasteiger partial charge on any atom is 0.288 e. The highest BCUT2D eigenvalue weighted by molar-refractivity contribution is 7.99. The van der Waals surface area contributed by atoms with E-state index in [0.29, 0.717) is 17.8 Å². The first-order valence-corrected chi connectivity index (χ1v) is 8.31. The topological polar surface area (TPSA) is 58.2 Å². The number of halogens is 4. The van der Waals surface area contributed by atoms with Crippen LogP contribution in [-0.2, 0) is 4.79 Å². The van der Waals surface area contributed by atoms with Gasteiger partial charge in [0.15, 0.2) is 0 Å². The monoisotopic (exact) mass is 386 g/mol. The fourth-order valence-electron chi connectivity index (χ4n) is 2.04. The molecule has 2 N–H and O–H groups in total. The molecule has 2 rings (SSSR count). The second-order valence-electron chi connectivity index (χ2n) is 5.05. The molecule has 0 spiro atoms. The minimum Gasteiger partial charge on any atom is -0.351 e. The number of nitrogens with one attached hydrogen (secondary N) is 2. The third-order valence-corrected chi connectivity index (χ3v) is 3.98. The highest BCUT2D eigenvalue weighted by atomic mass is 32.2. The van der Waals surface area contributed by atoms with E-state index in [1.54, 1.807) is 12.1 Å². The number of hydrogen-bond acceptors (Lipinski definition) is 3. The molecule has 0 radical (unpaired) electrons. The van der Waals surface area contributed by atoms with E-state index < -0.39 is 29.2 Å². The zero-order valence-corrected chi connectivity index (χ0v) is 14.1. The first-order valence-electron chi connectivity index (χ1n) is 7.43. The summed E-state index contributed by atoms with van der Waals surface area (Å²) in [5.41, 5.74) is -0.107. The number of thioether (sulfide) groups is 1. The van der Waals surface area contributed by atoms with Crippen LogP contribution < -0.4 is 10.6 Å². The molecule has 2 amide bonds. The Morgan fingerprint density at radius 1 is 1.08 bits per heavy atom. The standard InChI is InChI=1S/C17H14F4N2O2S/c18-10-5-6-11(12(19)9-10)16(25)22-8-7-15(24)23-13-3-1-2-4-14(13)26-17(20)21/h1-6,9,17H,7-8H2,(H,22,25)(H,23,24). The van der Waals surface area contributed by atoms with Gasteiger partial charge in [0.1, 0.15) is 11.6 Å². The van der Waals surface area contributed by atoms with E-state index >= 15 is 0 Å². The van der Waals surface area contributed by atoms with Gasteiger partial charge in [0.05, 0.1) is 11.3 Å². The van der Waals surface area contributed by atoms with Crippen LogP contribution in [0, 0.1) is 11.6 Å². The van der Waals surface area contributed by atoms with Crippen molar-refractivity contribution in [2.24, 2.45) is 0 Å². The van der Waals surface area contributed by atoms with Gasteiger partial charge in [-0.1, -0.05) is 23.9 Å². The van der Waals surface area contributed by atoms with Gasteiger partial charge in [-0.3, -0.25) is 9.59 Å². The summed E-state index contributed by atoms with van der Waals surface area (Å²) in [6, 6.07) is 8.61. The van der Waals surface area contributed by atoms with E-state index in [1.807, 2.05) is 0 Å². The second kappa shape index (κ2) is 9.23. The SMILES string of the molecule is O=C(CCNC(=O)c1ccc(F)cc1F)Nc1ccccc1SC(F)F. The quantitative estimate of drug-likeness (QED) is 0.558. The number of anilines is 1. The Balaban J connectivity index is 1.87. The van der Waals surface area contributed by atoms with Gasteiger partial charge in [0.25, 0.3) is 11.7 Å². The summed E-state index contributed by atoms with van der Waals surface area (Å²) >= 11 is 0.306. The van der Waals surface area contributed by atoms with Crippen molar-refractivity contribution in [3.63, 3.8) is 0 Å². The van der Waals surface area contributed by atoms with Gasteiger partial charge in [-0.25, -0.2) is 8.78 Å². The molecule has 26 heavy (non-hydrogen) atoms. The summed E-state index contributed by atoms with van der Waals surface area (Å²) in [5.74, 6) is -5.74. The Hall–Kier alpha value is -2.55. The molecule has 0 aliphatic rings. The van der Waals surface area contributed by atoms with E-state index in [0.717, 1.165) is 12.1 Å². The molecular formula is C17H14F4N2O2S. The summed E-state index contributed by atoms with van der Waals surface area (Å²) in [7, 11) is 0. The normalized spacial score (nSPS) is 10.7. The number of alkyl halides is 2. The third-order valence-electron chi connectivity index (χ3n) is 3.19. The van der Waals surface area contributed by atoms with Gasteiger partial charge >= 0.3 is 0 Å². The van der Waals surface area contributed by atoms with Crippen molar-refractivity contribution in [3.05, 3.63) is 59.7 Å². The lowest BCUT2D eigenvalue weighted by Gasteiger charge is -2.11. The fraction of sp³-hybridized carbons (Fsp3) is 0.176. The molecule has 0 atom stereocenters. The fourth-order valence-corrected chi connectivity index (χ4v) is 2.63. The average Bonchev–Trinajstić information content (AvgIpc) is 2.56. The van der Waals surface area contributed by atoms with Crippen LogP contribution in [0.2, 0.25) is 0 Å². The van der Waals surface area contributed by atoms with Crippen LogP contribution in [0.1, 0.15) is 16.8 Å². The molecule has 0 unspecified atom stereocenters. The van der Waals surface area contributed by atoms with Gasteiger partial charge in [-0.15, -0.1) is 0 Å². The molecule has 0 bridgehead atoms. The maximum atomic E-state index is 13.5. The Bertz CT molecular complexity index is 802. The van der Waals surface area contributed by atoms with Crippen molar-refractivity contribution in [3.8, 4) is 0 Å². The molecule has 0 aromatic heterocycles. The van der Waals surface area contributed by atoms with Crippen molar-refractivity contribution >= 4 is 29.3 Å². The number of rotatable bonds is 7. The van der Waals surface area contributed by atoms with E-state index in [2.05, 4.69) is 10.6 Å². The lowest BCUT2D eigenvalue weighted by molar-refractivity contribution is -0.116. The van der Waals surface area contributed by atoms with Crippen molar-refractivity contribution < 1.29 is 27.2 Å². The van der Waals surface area contributed by atoms with Crippen LogP contribution in [0.25, 0.3) is 0 Å². The predicted molar refractivity (Wildman–Crippen MR) is 90.2 cm³/mol. The lowest BCUT2D eigenvalue weighted by atomic mass is 10.2. The molecular weight excluding hydrogens is 372 g/mol. The molecule has 0 saturated heterocycles. The largest absolute Gasteiger partial charge is 0.351 e. The number of carbonyl (C=O) groups excluding carboxylic acids is 2. The molecule has 4 nitrogen and oxygen atoms in total. The van der Waals surface area contributed by atoms with Gasteiger partial charge in [-0.2, -0.15) is 8.78 Å². The van der Waals surface area contributed by atoms with Crippen LogP contribution in [-0.4, -0.2) is 24.1 Å². The molecule has 2 aromatic carbocycles. The lowest BCUT2D eigenvalue weighted by Crippen LogP contribution is -2.28. The van der Waals surface area contributed by atoms with Gasteiger partial charge < -0.3 is 10.6 Å².